The molecule has 0 saturated heterocycles. The first-order valence-electron chi connectivity index (χ1n) is 11.6. The Morgan fingerprint density at radius 3 is 2.71 bits per heavy atom. The van der Waals surface area contributed by atoms with Crippen LogP contribution in [-0.2, 0) is 6.42 Å². The second-order valence-corrected chi connectivity index (χ2v) is 8.83. The summed E-state index contributed by atoms with van der Waals surface area (Å²) in [5, 5.41) is 8.36. The van der Waals surface area contributed by atoms with Gasteiger partial charge in [0.1, 0.15) is 19.0 Å². The van der Waals surface area contributed by atoms with Crippen LogP contribution in [0.2, 0.25) is 0 Å². The molecule has 0 radical (unpaired) electrons. The lowest BCUT2D eigenvalue weighted by atomic mass is 10.0. The van der Waals surface area contributed by atoms with Crippen LogP contribution in [0.15, 0.2) is 53.3 Å². The van der Waals surface area contributed by atoms with Crippen LogP contribution in [0, 0.1) is 0 Å². The molecule has 1 aliphatic heterocycles. The number of furan rings is 1. The maximum atomic E-state index is 13.4. The molecule has 0 saturated carbocycles. The van der Waals surface area contributed by atoms with Crippen LogP contribution in [0.1, 0.15) is 49.4 Å². The van der Waals surface area contributed by atoms with Crippen molar-refractivity contribution in [2.24, 2.45) is 0 Å². The third kappa shape index (κ3) is 4.35. The number of carbonyl (C=O) groups is 1. The Balaban J connectivity index is 1.48. The first kappa shape index (κ1) is 22.0. The first-order valence-corrected chi connectivity index (χ1v) is 11.6. The van der Waals surface area contributed by atoms with Gasteiger partial charge in [-0.25, -0.2) is 9.67 Å². The predicted octanol–water partition coefficient (Wildman–Crippen LogP) is 4.79. The molecule has 8 nitrogen and oxygen atoms in total. The van der Waals surface area contributed by atoms with Crippen molar-refractivity contribution in [2.45, 2.75) is 45.7 Å². The molecule has 1 amide bonds. The zero-order valence-electron chi connectivity index (χ0n) is 19.6. The van der Waals surface area contributed by atoms with E-state index in [2.05, 4.69) is 10.4 Å². The second kappa shape index (κ2) is 9.21. The van der Waals surface area contributed by atoms with Crippen LogP contribution in [-0.4, -0.2) is 39.9 Å². The van der Waals surface area contributed by atoms with Gasteiger partial charge in [-0.3, -0.25) is 4.79 Å². The minimum Gasteiger partial charge on any atom is -0.486 e. The van der Waals surface area contributed by atoms with E-state index < -0.39 is 0 Å². The van der Waals surface area contributed by atoms with Crippen LogP contribution < -0.4 is 14.8 Å². The Morgan fingerprint density at radius 1 is 1.12 bits per heavy atom. The van der Waals surface area contributed by atoms with Crippen molar-refractivity contribution in [2.75, 3.05) is 13.2 Å². The molecule has 4 heterocycles. The SMILES string of the molecule is CC(CCc1ccco1)NC(=O)c1cc(-c2ccc3c(c2)OCCO3)nc2c1cnn2C(C)C. The Morgan fingerprint density at radius 2 is 1.94 bits per heavy atom. The number of ether oxygens (including phenoxy) is 2. The Bertz CT molecular complexity index is 1310. The van der Waals surface area contributed by atoms with E-state index in [0.717, 1.165) is 29.6 Å². The van der Waals surface area contributed by atoms with Gasteiger partial charge in [-0.05, 0) is 63.6 Å². The van der Waals surface area contributed by atoms with Crippen molar-refractivity contribution < 1.29 is 18.7 Å². The molecule has 0 bridgehead atoms. The lowest BCUT2D eigenvalue weighted by Gasteiger charge is -2.19. The van der Waals surface area contributed by atoms with Gasteiger partial charge in [0.05, 0.1) is 29.1 Å². The summed E-state index contributed by atoms with van der Waals surface area (Å²) in [7, 11) is 0. The fourth-order valence-electron chi connectivity index (χ4n) is 4.12. The van der Waals surface area contributed by atoms with E-state index in [1.165, 1.54) is 0 Å². The molecule has 34 heavy (non-hydrogen) atoms. The summed E-state index contributed by atoms with van der Waals surface area (Å²) in [5.74, 6) is 2.15. The highest BCUT2D eigenvalue weighted by atomic mass is 16.6. The van der Waals surface area contributed by atoms with Gasteiger partial charge in [0.2, 0.25) is 0 Å². The lowest BCUT2D eigenvalue weighted by molar-refractivity contribution is 0.0939. The van der Waals surface area contributed by atoms with Crippen LogP contribution in [0.5, 0.6) is 11.5 Å². The van der Waals surface area contributed by atoms with Crippen molar-refractivity contribution in [3.05, 3.63) is 60.2 Å². The summed E-state index contributed by atoms with van der Waals surface area (Å²) in [6.07, 6.45) is 4.91. The van der Waals surface area contributed by atoms with Crippen molar-refractivity contribution in [1.29, 1.82) is 0 Å². The number of nitrogens with one attached hydrogen (secondary N) is 1. The molecule has 1 atom stereocenters. The van der Waals surface area contributed by atoms with Crippen molar-refractivity contribution >= 4 is 16.9 Å². The molecule has 3 aromatic heterocycles. The molecule has 0 aliphatic carbocycles. The highest BCUT2D eigenvalue weighted by Crippen LogP contribution is 2.35. The van der Waals surface area contributed by atoms with Gasteiger partial charge < -0.3 is 19.2 Å². The fraction of sp³-hybridized carbons (Fsp3) is 0.346. The lowest BCUT2D eigenvalue weighted by Crippen LogP contribution is -2.33. The highest BCUT2D eigenvalue weighted by Gasteiger charge is 2.21. The van der Waals surface area contributed by atoms with E-state index in [1.54, 1.807) is 12.5 Å². The monoisotopic (exact) mass is 460 g/mol. The van der Waals surface area contributed by atoms with Gasteiger partial charge in [-0.2, -0.15) is 5.10 Å². The number of hydrogen-bond donors (Lipinski definition) is 1. The van der Waals surface area contributed by atoms with Gasteiger partial charge >= 0.3 is 0 Å². The molecule has 1 aromatic carbocycles. The maximum absolute atomic E-state index is 13.4. The molecule has 0 fully saturated rings. The number of nitrogens with zero attached hydrogens (tertiary/aromatic N) is 3. The number of pyridine rings is 1. The summed E-state index contributed by atoms with van der Waals surface area (Å²) >= 11 is 0. The van der Waals surface area contributed by atoms with E-state index in [0.29, 0.717) is 41.6 Å². The van der Waals surface area contributed by atoms with E-state index in [1.807, 2.05) is 61.9 Å². The minimum absolute atomic E-state index is 0.0290. The fourth-order valence-corrected chi connectivity index (χ4v) is 4.12. The van der Waals surface area contributed by atoms with E-state index in [4.69, 9.17) is 18.9 Å². The number of benzene rings is 1. The third-order valence-electron chi connectivity index (χ3n) is 5.92. The molecular weight excluding hydrogens is 432 g/mol. The normalized spacial score (nSPS) is 13.9. The van der Waals surface area contributed by atoms with Crippen LogP contribution in [0.4, 0.5) is 0 Å². The number of amides is 1. The number of aryl methyl sites for hydroxylation is 1. The average Bonchev–Trinajstić information content (AvgIpc) is 3.51. The summed E-state index contributed by atoms with van der Waals surface area (Å²) in [4.78, 5) is 18.3. The van der Waals surface area contributed by atoms with Gasteiger partial charge in [0.15, 0.2) is 17.1 Å². The molecular formula is C26H28N4O4. The summed E-state index contributed by atoms with van der Waals surface area (Å²) in [6.45, 7) is 7.13. The Labute approximate surface area is 197 Å². The smallest absolute Gasteiger partial charge is 0.252 e. The largest absolute Gasteiger partial charge is 0.486 e. The molecule has 1 N–H and O–H groups in total. The zero-order chi connectivity index (χ0) is 23.7. The topological polar surface area (TPSA) is 91.4 Å². The molecule has 8 heteroatoms. The van der Waals surface area contributed by atoms with Gasteiger partial charge in [0, 0.05) is 24.1 Å². The standard InChI is InChI=1S/C26H28N4O4/c1-16(2)30-25-21(15-27-30)20(26(31)28-17(3)6-8-19-5-4-10-32-19)14-22(29-25)18-7-9-23-24(13-18)34-12-11-33-23/h4-5,7,9-10,13-17H,6,8,11-12H2,1-3H3,(H,28,31). The molecule has 176 valence electrons. The van der Waals surface area contributed by atoms with Gasteiger partial charge in [0.25, 0.3) is 5.91 Å². The van der Waals surface area contributed by atoms with Crippen molar-refractivity contribution in [3.63, 3.8) is 0 Å². The summed E-state index contributed by atoms with van der Waals surface area (Å²) < 4.78 is 18.6. The number of aromatic nitrogens is 3. The number of rotatable bonds is 7. The molecule has 4 aromatic rings. The predicted molar refractivity (Wildman–Crippen MR) is 128 cm³/mol. The van der Waals surface area contributed by atoms with Crippen molar-refractivity contribution in [3.8, 4) is 22.8 Å². The number of hydrogen-bond acceptors (Lipinski definition) is 6. The van der Waals surface area contributed by atoms with Crippen LogP contribution >= 0.6 is 0 Å². The number of carbonyl (C=O) groups excluding carboxylic acids is 1. The van der Waals surface area contributed by atoms with E-state index >= 15 is 0 Å². The molecule has 1 aliphatic rings. The Hall–Kier alpha value is -3.81. The van der Waals surface area contributed by atoms with Crippen LogP contribution in [0.25, 0.3) is 22.3 Å². The number of fused-ring (bicyclic) bond motifs is 2. The second-order valence-electron chi connectivity index (χ2n) is 8.83. The highest BCUT2D eigenvalue weighted by molar-refractivity contribution is 6.06. The van der Waals surface area contributed by atoms with E-state index in [-0.39, 0.29) is 18.0 Å². The summed E-state index contributed by atoms with van der Waals surface area (Å²) in [5.41, 5.74) is 2.75. The minimum atomic E-state index is -0.151. The van der Waals surface area contributed by atoms with Crippen molar-refractivity contribution in [1.82, 2.24) is 20.1 Å². The summed E-state index contributed by atoms with van der Waals surface area (Å²) in [6, 6.07) is 11.4. The van der Waals surface area contributed by atoms with Gasteiger partial charge in [-0.1, -0.05) is 0 Å². The maximum Gasteiger partial charge on any atom is 0.252 e. The van der Waals surface area contributed by atoms with Gasteiger partial charge in [-0.15, -0.1) is 0 Å². The quantitative estimate of drug-likeness (QED) is 0.426. The molecule has 1 unspecified atom stereocenters. The average molecular weight is 461 g/mol. The molecule has 5 rings (SSSR count). The first-order chi connectivity index (χ1) is 16.5. The third-order valence-corrected chi connectivity index (χ3v) is 5.92. The molecule has 0 spiro atoms. The zero-order valence-corrected chi connectivity index (χ0v) is 19.6. The Kier molecular flexibility index (Phi) is 5.96. The van der Waals surface area contributed by atoms with E-state index in [9.17, 15) is 4.79 Å². The van der Waals surface area contributed by atoms with Crippen LogP contribution in [0.3, 0.4) is 0 Å².